The van der Waals surface area contributed by atoms with Crippen LogP contribution in [0.1, 0.15) is 28.3 Å². The summed E-state index contributed by atoms with van der Waals surface area (Å²) in [6, 6.07) is 22.1. The SMILES string of the molecule is Cc1ccc2[nH]c(=O)c(CN(CCc3ccccc3)Cc3nnnn3Cc3ccco3)cc2c1. The van der Waals surface area contributed by atoms with Crippen molar-refractivity contribution >= 4 is 10.9 Å². The van der Waals surface area contributed by atoms with Crippen molar-refractivity contribution in [2.24, 2.45) is 0 Å². The fourth-order valence-electron chi connectivity index (χ4n) is 4.08. The zero-order valence-corrected chi connectivity index (χ0v) is 19.0. The summed E-state index contributed by atoms with van der Waals surface area (Å²) in [5.74, 6) is 1.50. The van der Waals surface area contributed by atoms with Gasteiger partial charge in [0.1, 0.15) is 12.3 Å². The Balaban J connectivity index is 1.41. The van der Waals surface area contributed by atoms with E-state index in [1.54, 1.807) is 10.9 Å². The van der Waals surface area contributed by atoms with E-state index >= 15 is 0 Å². The van der Waals surface area contributed by atoms with E-state index in [4.69, 9.17) is 4.42 Å². The van der Waals surface area contributed by atoms with Gasteiger partial charge in [0, 0.05) is 24.2 Å². The number of H-pyrrole nitrogens is 1. The van der Waals surface area contributed by atoms with Gasteiger partial charge in [0.2, 0.25) is 0 Å². The number of fused-ring (bicyclic) bond motifs is 1. The monoisotopic (exact) mass is 454 g/mol. The van der Waals surface area contributed by atoms with Gasteiger partial charge in [-0.05, 0) is 65.1 Å². The zero-order chi connectivity index (χ0) is 23.3. The summed E-state index contributed by atoms with van der Waals surface area (Å²) in [6.07, 6.45) is 2.49. The molecule has 0 saturated carbocycles. The summed E-state index contributed by atoms with van der Waals surface area (Å²) in [6.45, 7) is 4.25. The number of rotatable bonds is 9. The smallest absolute Gasteiger partial charge is 0.252 e. The molecule has 3 aromatic heterocycles. The van der Waals surface area contributed by atoms with E-state index in [2.05, 4.69) is 50.5 Å². The number of aromatic nitrogens is 5. The van der Waals surface area contributed by atoms with E-state index in [1.807, 2.05) is 48.5 Å². The molecule has 34 heavy (non-hydrogen) atoms. The Morgan fingerprint density at radius 2 is 1.91 bits per heavy atom. The Hall–Kier alpha value is -4.04. The van der Waals surface area contributed by atoms with Crippen molar-refractivity contribution < 1.29 is 4.42 Å². The van der Waals surface area contributed by atoms with Crippen LogP contribution in [0.2, 0.25) is 0 Å². The lowest BCUT2D eigenvalue weighted by atomic mass is 10.1. The highest BCUT2D eigenvalue weighted by Gasteiger charge is 2.16. The molecule has 2 aromatic carbocycles. The maximum Gasteiger partial charge on any atom is 0.252 e. The molecule has 172 valence electrons. The lowest BCUT2D eigenvalue weighted by Gasteiger charge is -2.22. The fraction of sp³-hybridized carbons (Fsp3) is 0.231. The number of nitrogens with zero attached hydrogens (tertiary/aromatic N) is 5. The molecule has 0 spiro atoms. The molecule has 0 bridgehead atoms. The average molecular weight is 455 g/mol. The van der Waals surface area contributed by atoms with Crippen LogP contribution in [-0.4, -0.2) is 36.6 Å². The second-order valence-electron chi connectivity index (χ2n) is 8.49. The number of furan rings is 1. The molecule has 5 rings (SSSR count). The number of nitrogens with one attached hydrogen (secondary N) is 1. The van der Waals surface area contributed by atoms with Gasteiger partial charge in [0.15, 0.2) is 5.82 Å². The minimum absolute atomic E-state index is 0.0729. The third-order valence-electron chi connectivity index (χ3n) is 5.89. The van der Waals surface area contributed by atoms with Crippen LogP contribution in [0.4, 0.5) is 0 Å². The lowest BCUT2D eigenvalue weighted by molar-refractivity contribution is 0.247. The first-order valence-electron chi connectivity index (χ1n) is 11.3. The van der Waals surface area contributed by atoms with Crippen LogP contribution in [0, 0.1) is 6.92 Å². The van der Waals surface area contributed by atoms with Crippen LogP contribution in [-0.2, 0) is 26.1 Å². The summed E-state index contributed by atoms with van der Waals surface area (Å²) >= 11 is 0. The van der Waals surface area contributed by atoms with Crippen LogP contribution in [0.25, 0.3) is 10.9 Å². The van der Waals surface area contributed by atoms with Crippen molar-refractivity contribution in [1.82, 2.24) is 30.1 Å². The summed E-state index contributed by atoms with van der Waals surface area (Å²) in [5.41, 5.74) is 3.89. The molecular weight excluding hydrogens is 428 g/mol. The molecule has 0 radical (unpaired) electrons. The molecule has 5 aromatic rings. The van der Waals surface area contributed by atoms with Gasteiger partial charge in [-0.3, -0.25) is 9.69 Å². The number of benzene rings is 2. The Morgan fingerprint density at radius 3 is 2.74 bits per heavy atom. The first-order valence-corrected chi connectivity index (χ1v) is 11.3. The average Bonchev–Trinajstić information content (AvgIpc) is 3.51. The van der Waals surface area contributed by atoms with Gasteiger partial charge in [-0.15, -0.1) is 5.10 Å². The topological polar surface area (TPSA) is 92.8 Å². The number of tetrazole rings is 1. The molecule has 0 amide bonds. The quantitative estimate of drug-likeness (QED) is 0.365. The molecule has 8 heteroatoms. The predicted molar refractivity (Wildman–Crippen MR) is 129 cm³/mol. The van der Waals surface area contributed by atoms with Gasteiger partial charge in [0.25, 0.3) is 5.56 Å². The molecule has 1 N–H and O–H groups in total. The van der Waals surface area contributed by atoms with Crippen LogP contribution in [0.15, 0.2) is 82.2 Å². The van der Waals surface area contributed by atoms with Gasteiger partial charge in [-0.2, -0.15) is 0 Å². The van der Waals surface area contributed by atoms with Crippen molar-refractivity contribution in [2.45, 2.75) is 33.0 Å². The lowest BCUT2D eigenvalue weighted by Crippen LogP contribution is -2.30. The zero-order valence-electron chi connectivity index (χ0n) is 19.0. The van der Waals surface area contributed by atoms with Gasteiger partial charge in [-0.1, -0.05) is 42.0 Å². The van der Waals surface area contributed by atoms with Crippen molar-refractivity contribution in [3.05, 3.63) is 112 Å². The van der Waals surface area contributed by atoms with Crippen LogP contribution in [0.3, 0.4) is 0 Å². The standard InChI is InChI=1S/C26H26N6O2/c1-19-9-10-24-21(14-19)15-22(26(33)27-24)16-31(12-11-20-6-3-2-4-7-20)18-25-28-29-30-32(25)17-23-8-5-13-34-23/h2-10,13-15H,11-12,16-18H2,1H3,(H,27,33). The fourth-order valence-corrected chi connectivity index (χ4v) is 4.08. The second kappa shape index (κ2) is 9.84. The molecule has 0 aliphatic heterocycles. The van der Waals surface area contributed by atoms with Gasteiger partial charge >= 0.3 is 0 Å². The van der Waals surface area contributed by atoms with Crippen LogP contribution in [0.5, 0.6) is 0 Å². The maximum absolute atomic E-state index is 12.9. The number of hydrogen-bond acceptors (Lipinski definition) is 6. The minimum Gasteiger partial charge on any atom is -0.467 e. The third-order valence-corrected chi connectivity index (χ3v) is 5.89. The first kappa shape index (κ1) is 21.8. The van der Waals surface area contributed by atoms with Gasteiger partial charge in [0.05, 0.1) is 12.8 Å². The maximum atomic E-state index is 12.9. The van der Waals surface area contributed by atoms with Gasteiger partial charge < -0.3 is 9.40 Å². The molecule has 0 unspecified atom stereocenters. The predicted octanol–water partition coefficient (Wildman–Crippen LogP) is 3.71. The molecule has 3 heterocycles. The summed E-state index contributed by atoms with van der Waals surface area (Å²) in [7, 11) is 0. The van der Waals surface area contributed by atoms with Crippen molar-refractivity contribution in [2.75, 3.05) is 6.54 Å². The largest absolute Gasteiger partial charge is 0.467 e. The minimum atomic E-state index is -0.0729. The molecule has 0 atom stereocenters. The van der Waals surface area contributed by atoms with Crippen molar-refractivity contribution in [3.8, 4) is 0 Å². The van der Waals surface area contributed by atoms with E-state index in [1.165, 1.54) is 5.56 Å². The number of aryl methyl sites for hydroxylation is 1. The normalized spacial score (nSPS) is 11.5. The highest BCUT2D eigenvalue weighted by Crippen LogP contribution is 2.16. The molecule has 0 fully saturated rings. The molecule has 8 nitrogen and oxygen atoms in total. The Morgan fingerprint density at radius 1 is 1.03 bits per heavy atom. The second-order valence-corrected chi connectivity index (χ2v) is 8.49. The number of hydrogen-bond donors (Lipinski definition) is 1. The number of aromatic amines is 1. The highest BCUT2D eigenvalue weighted by atomic mass is 16.3. The third kappa shape index (κ3) is 5.13. The van der Waals surface area contributed by atoms with E-state index in [0.29, 0.717) is 19.6 Å². The Bertz CT molecular complexity index is 1420. The summed E-state index contributed by atoms with van der Waals surface area (Å²) in [4.78, 5) is 18.1. The molecular formula is C26H26N6O2. The number of pyridine rings is 1. The van der Waals surface area contributed by atoms with E-state index in [0.717, 1.165) is 46.6 Å². The van der Waals surface area contributed by atoms with Crippen molar-refractivity contribution in [3.63, 3.8) is 0 Å². The van der Waals surface area contributed by atoms with E-state index < -0.39 is 0 Å². The molecule has 0 saturated heterocycles. The Kier molecular flexibility index (Phi) is 6.31. The van der Waals surface area contributed by atoms with E-state index in [9.17, 15) is 4.79 Å². The highest BCUT2D eigenvalue weighted by molar-refractivity contribution is 5.79. The summed E-state index contributed by atoms with van der Waals surface area (Å²) < 4.78 is 7.20. The Labute approximate surface area is 196 Å². The van der Waals surface area contributed by atoms with E-state index in [-0.39, 0.29) is 5.56 Å². The van der Waals surface area contributed by atoms with Crippen molar-refractivity contribution in [1.29, 1.82) is 0 Å². The first-order chi connectivity index (χ1) is 16.6. The molecule has 0 aliphatic rings. The summed E-state index contributed by atoms with van der Waals surface area (Å²) in [5, 5.41) is 13.3. The van der Waals surface area contributed by atoms with Gasteiger partial charge in [-0.25, -0.2) is 4.68 Å². The van der Waals surface area contributed by atoms with Crippen LogP contribution >= 0.6 is 0 Å². The molecule has 0 aliphatic carbocycles. The van der Waals surface area contributed by atoms with Crippen LogP contribution < -0.4 is 5.56 Å².